The van der Waals surface area contributed by atoms with Crippen LogP contribution in [0.1, 0.15) is 41.0 Å². The molecule has 0 spiro atoms. The number of carbonyl (C=O) groups is 1. The van der Waals surface area contributed by atoms with Crippen molar-refractivity contribution in [2.24, 2.45) is 9.98 Å². The molecule has 0 aromatic rings. The van der Waals surface area contributed by atoms with Crippen LogP contribution in [0.5, 0.6) is 0 Å². The Bertz CT molecular complexity index is 598. The van der Waals surface area contributed by atoms with Crippen LogP contribution in [0.25, 0.3) is 0 Å². The molecule has 2 heterocycles. The third-order valence-electron chi connectivity index (χ3n) is 3.51. The molecule has 2 rings (SSSR count). The summed E-state index contributed by atoms with van der Waals surface area (Å²) in [6.07, 6.45) is 0.249. The zero-order valence-corrected chi connectivity index (χ0v) is 16.3. The maximum absolute atomic E-state index is 12.2. The number of amides is 1. The van der Waals surface area contributed by atoms with Crippen molar-refractivity contribution in [3.63, 3.8) is 0 Å². The Labute approximate surface area is 150 Å². The van der Waals surface area contributed by atoms with Gasteiger partial charge in [-0.1, -0.05) is 0 Å². The zero-order chi connectivity index (χ0) is 18.1. The molecule has 0 bridgehead atoms. The van der Waals surface area contributed by atoms with Crippen molar-refractivity contribution in [3.8, 4) is 0 Å². The molecule has 0 aromatic heterocycles. The first-order valence-corrected chi connectivity index (χ1v) is 9.67. The van der Waals surface area contributed by atoms with Gasteiger partial charge in [-0.25, -0.2) is 4.79 Å². The number of halogens is 1. The summed E-state index contributed by atoms with van der Waals surface area (Å²) in [4.78, 5) is 20.8. The van der Waals surface area contributed by atoms with E-state index < -0.39 is 28.0 Å². The molecule has 0 saturated carbocycles. The van der Waals surface area contributed by atoms with Gasteiger partial charge in [0, 0.05) is 23.1 Å². The van der Waals surface area contributed by atoms with Crippen molar-refractivity contribution in [2.45, 2.75) is 63.5 Å². The van der Waals surface area contributed by atoms with Gasteiger partial charge in [-0.15, -0.1) is 0 Å². The fourth-order valence-electron chi connectivity index (χ4n) is 2.54. The summed E-state index contributed by atoms with van der Waals surface area (Å²) >= 11 is 6.02. The van der Waals surface area contributed by atoms with E-state index in [0.29, 0.717) is 11.6 Å². The third-order valence-corrected chi connectivity index (χ3v) is 5.45. The predicted molar refractivity (Wildman–Crippen MR) is 97.4 cm³/mol. The van der Waals surface area contributed by atoms with Gasteiger partial charge in [0.2, 0.25) is 0 Å². The maximum Gasteiger partial charge on any atom is 0.407 e. The van der Waals surface area contributed by atoms with Crippen LogP contribution in [0.4, 0.5) is 4.79 Å². The van der Waals surface area contributed by atoms with E-state index in [4.69, 9.17) is 16.3 Å². The molecule has 1 fully saturated rings. The van der Waals surface area contributed by atoms with Gasteiger partial charge in [0.25, 0.3) is 0 Å². The number of amidine groups is 2. The van der Waals surface area contributed by atoms with E-state index in [9.17, 15) is 9.00 Å². The van der Waals surface area contributed by atoms with Gasteiger partial charge in [0.15, 0.2) is 5.29 Å². The van der Waals surface area contributed by atoms with Gasteiger partial charge in [-0.2, -0.15) is 0 Å². The second-order valence-corrected chi connectivity index (χ2v) is 9.61. The minimum absolute atomic E-state index is 0.0899. The lowest BCUT2D eigenvalue weighted by atomic mass is 10.1. The first-order chi connectivity index (χ1) is 11.0. The number of nitrogens with one attached hydrogen (secondary N) is 2. The van der Waals surface area contributed by atoms with Crippen LogP contribution in [0.2, 0.25) is 0 Å². The van der Waals surface area contributed by atoms with Crippen LogP contribution in [-0.4, -0.2) is 56.2 Å². The van der Waals surface area contributed by atoms with E-state index >= 15 is 0 Å². The predicted octanol–water partition coefficient (Wildman–Crippen LogP) is 1.78. The van der Waals surface area contributed by atoms with E-state index in [2.05, 4.69) is 20.6 Å². The largest absolute Gasteiger partial charge is 0.444 e. The molecule has 0 aromatic carbocycles. The van der Waals surface area contributed by atoms with E-state index in [0.717, 1.165) is 6.42 Å². The number of hydrogen-bond acceptors (Lipinski definition) is 5. The Kier molecular flexibility index (Phi) is 5.59. The molecule has 7 nitrogen and oxygen atoms in total. The zero-order valence-electron chi connectivity index (χ0n) is 14.7. The summed E-state index contributed by atoms with van der Waals surface area (Å²) in [6, 6.07) is -0.0899. The highest BCUT2D eigenvalue weighted by Gasteiger charge is 2.41. The topological polar surface area (TPSA) is 92.2 Å². The Morgan fingerprint density at radius 2 is 2.12 bits per heavy atom. The smallest absolute Gasteiger partial charge is 0.407 e. The Hall–Kier alpha value is -1.15. The minimum atomic E-state index is -1.02. The molecule has 2 aliphatic rings. The monoisotopic (exact) mass is 376 g/mol. The van der Waals surface area contributed by atoms with Gasteiger partial charge in [-0.05, 0) is 52.6 Å². The normalized spacial score (nSPS) is 28.8. The van der Waals surface area contributed by atoms with Gasteiger partial charge < -0.3 is 15.4 Å². The lowest BCUT2D eigenvalue weighted by molar-refractivity contribution is 0.0518. The lowest BCUT2D eigenvalue weighted by Gasteiger charge is -2.28. The van der Waals surface area contributed by atoms with Crippen molar-refractivity contribution < 1.29 is 13.7 Å². The highest BCUT2D eigenvalue weighted by atomic mass is 35.5. The fourth-order valence-corrected chi connectivity index (χ4v) is 4.40. The van der Waals surface area contributed by atoms with Crippen LogP contribution in [0.3, 0.4) is 0 Å². The van der Waals surface area contributed by atoms with Crippen LogP contribution < -0.4 is 10.6 Å². The first-order valence-electron chi connectivity index (χ1n) is 7.91. The number of hydrogen-bond donors (Lipinski definition) is 2. The standard InChI is InChI=1S/C15H25ClN4O3S/c1-14(2,3)23-13(21)17-8-15(4,5)20-11-10-9(6-7-24(10)22)18-12(16)19-11/h9-10H,6-8H2,1-5H3,(H,17,21)(H,18,19,20)/t9?,10?,24-/m1/s1. The molecular formula is C15H25ClN4O3S. The van der Waals surface area contributed by atoms with E-state index in [-0.39, 0.29) is 23.1 Å². The summed E-state index contributed by atoms with van der Waals surface area (Å²) in [7, 11) is -1.02. The molecular weight excluding hydrogens is 352 g/mol. The van der Waals surface area contributed by atoms with Gasteiger partial charge in [0.05, 0.1) is 11.6 Å². The highest BCUT2D eigenvalue weighted by Crippen LogP contribution is 2.25. The fraction of sp³-hybridized carbons (Fsp3) is 0.800. The summed E-state index contributed by atoms with van der Waals surface area (Å²) in [6.45, 7) is 9.46. The molecule has 0 aliphatic carbocycles. The van der Waals surface area contributed by atoms with Gasteiger partial charge >= 0.3 is 6.09 Å². The number of alkyl carbamates (subject to hydrolysis) is 1. The Morgan fingerprint density at radius 3 is 2.75 bits per heavy atom. The van der Waals surface area contributed by atoms with Crippen LogP contribution >= 0.6 is 11.6 Å². The van der Waals surface area contributed by atoms with Crippen LogP contribution in [-0.2, 0) is 15.5 Å². The van der Waals surface area contributed by atoms with Crippen molar-refractivity contribution >= 4 is 39.6 Å². The summed E-state index contributed by atoms with van der Waals surface area (Å²) < 4.78 is 17.4. The van der Waals surface area contributed by atoms with Crippen LogP contribution in [0, 0.1) is 0 Å². The van der Waals surface area contributed by atoms with E-state index in [1.807, 2.05) is 13.8 Å². The molecule has 136 valence electrons. The van der Waals surface area contributed by atoms with Crippen molar-refractivity contribution in [3.05, 3.63) is 0 Å². The van der Waals surface area contributed by atoms with Crippen molar-refractivity contribution in [1.29, 1.82) is 0 Å². The molecule has 1 amide bonds. The van der Waals surface area contributed by atoms with Crippen molar-refractivity contribution in [2.75, 3.05) is 12.3 Å². The average molecular weight is 377 g/mol. The number of aliphatic imine (C=N–C) groups is 2. The molecule has 24 heavy (non-hydrogen) atoms. The minimum Gasteiger partial charge on any atom is -0.444 e. The van der Waals surface area contributed by atoms with E-state index in [1.165, 1.54) is 0 Å². The lowest BCUT2D eigenvalue weighted by Crippen LogP contribution is -2.49. The molecule has 9 heteroatoms. The SMILES string of the molecule is CC(C)(CNC(=O)OC(C)(C)C)N=C1NC(Cl)=NC2CC[S@@](=O)C12. The second-order valence-electron chi connectivity index (χ2n) is 7.57. The summed E-state index contributed by atoms with van der Waals surface area (Å²) in [5.41, 5.74) is -1.16. The van der Waals surface area contributed by atoms with Gasteiger partial charge in [-0.3, -0.25) is 14.2 Å². The van der Waals surface area contributed by atoms with Crippen molar-refractivity contribution in [1.82, 2.24) is 10.6 Å². The average Bonchev–Trinajstić information content (AvgIpc) is 2.75. The number of ether oxygens (including phenoxy) is 1. The second kappa shape index (κ2) is 7.00. The maximum atomic E-state index is 12.2. The molecule has 1 saturated heterocycles. The highest BCUT2D eigenvalue weighted by molar-refractivity contribution is 7.86. The Balaban J connectivity index is 2.06. The number of rotatable bonds is 3. The quantitative estimate of drug-likeness (QED) is 0.734. The third kappa shape index (κ3) is 5.17. The summed E-state index contributed by atoms with van der Waals surface area (Å²) in [5.74, 6) is 1.17. The molecule has 2 unspecified atom stereocenters. The van der Waals surface area contributed by atoms with Gasteiger partial charge in [0.1, 0.15) is 16.7 Å². The molecule has 3 atom stereocenters. The molecule has 2 N–H and O–H groups in total. The van der Waals surface area contributed by atoms with E-state index in [1.54, 1.807) is 20.8 Å². The number of fused-ring (bicyclic) bond motifs is 1. The number of nitrogens with zero attached hydrogens (tertiary/aromatic N) is 2. The molecule has 0 radical (unpaired) electrons. The van der Waals surface area contributed by atoms with Crippen LogP contribution in [0.15, 0.2) is 9.98 Å². The molecule has 2 aliphatic heterocycles. The number of carbonyl (C=O) groups excluding carboxylic acids is 1. The Morgan fingerprint density at radius 1 is 1.46 bits per heavy atom. The first kappa shape index (κ1) is 19.2. The summed E-state index contributed by atoms with van der Waals surface area (Å²) in [5, 5.41) is 5.66.